The molecule has 1 aliphatic rings. The minimum atomic E-state index is -3.25. The first-order valence-electron chi connectivity index (χ1n) is 12.5. The molecule has 0 aliphatic carbocycles. The van der Waals surface area contributed by atoms with Gasteiger partial charge in [-0.25, -0.2) is 28.4 Å². The van der Waals surface area contributed by atoms with Crippen LogP contribution in [0.2, 0.25) is 0 Å². The molecule has 0 spiro atoms. The first kappa shape index (κ1) is 26.8. The van der Waals surface area contributed by atoms with Crippen LogP contribution >= 0.6 is 0 Å². The third-order valence-corrected chi connectivity index (χ3v) is 8.25. The van der Waals surface area contributed by atoms with Crippen molar-refractivity contribution in [3.8, 4) is 17.1 Å². The van der Waals surface area contributed by atoms with Gasteiger partial charge < -0.3 is 15.0 Å². The molecule has 0 aromatic carbocycles. The Morgan fingerprint density at radius 3 is 2.74 bits per heavy atom. The quantitative estimate of drug-likeness (QED) is 0.351. The highest BCUT2D eigenvalue weighted by atomic mass is 32.2. The van der Waals surface area contributed by atoms with E-state index in [1.54, 1.807) is 25.6 Å². The van der Waals surface area contributed by atoms with Crippen LogP contribution in [0.3, 0.4) is 0 Å². The summed E-state index contributed by atoms with van der Waals surface area (Å²) in [5.74, 6) is 0.482. The second-order valence-corrected chi connectivity index (χ2v) is 11.6. The van der Waals surface area contributed by atoms with Crippen molar-refractivity contribution in [2.45, 2.75) is 32.9 Å². The van der Waals surface area contributed by atoms with Crippen LogP contribution in [0.4, 0.5) is 15.9 Å². The van der Waals surface area contributed by atoms with Crippen molar-refractivity contribution in [3.05, 3.63) is 48.1 Å². The highest BCUT2D eigenvalue weighted by Crippen LogP contribution is 2.35. The van der Waals surface area contributed by atoms with Crippen LogP contribution in [0.5, 0.6) is 5.88 Å². The van der Waals surface area contributed by atoms with E-state index in [1.165, 1.54) is 23.7 Å². The number of ether oxygens (including phenoxy) is 1. The summed E-state index contributed by atoms with van der Waals surface area (Å²) >= 11 is 0. The zero-order chi connectivity index (χ0) is 27.9. The van der Waals surface area contributed by atoms with Gasteiger partial charge in [-0.1, -0.05) is 0 Å². The molecule has 0 bridgehead atoms. The van der Waals surface area contributed by atoms with Crippen LogP contribution < -0.4 is 15.0 Å². The van der Waals surface area contributed by atoms with Gasteiger partial charge in [-0.05, 0) is 32.4 Å². The topological polar surface area (TPSA) is 143 Å². The minimum Gasteiger partial charge on any atom is -0.446 e. The lowest BCUT2D eigenvalue weighted by Gasteiger charge is -2.42. The van der Waals surface area contributed by atoms with Gasteiger partial charge in [0.25, 0.3) is 0 Å². The molecule has 0 saturated carbocycles. The van der Waals surface area contributed by atoms with Gasteiger partial charge in [0, 0.05) is 49.5 Å². The molecule has 12 nitrogen and oxygen atoms in total. The summed E-state index contributed by atoms with van der Waals surface area (Å²) in [5, 5.41) is 3.20. The number of imidazole rings is 1. The molecule has 39 heavy (non-hydrogen) atoms. The maximum atomic E-state index is 14.4. The fourth-order valence-electron chi connectivity index (χ4n) is 4.95. The SMILES string of the molecule is COc1[nH+]cc(Nc2ncc(C(C)N3CCN(S(C)(=O)=O)CC3C)cc2-c2nc(C)nc3nc[nH]c23)cc1F. The van der Waals surface area contributed by atoms with E-state index >= 15 is 0 Å². The minimum absolute atomic E-state index is 0.00291. The van der Waals surface area contributed by atoms with Crippen molar-refractivity contribution >= 4 is 32.7 Å². The number of halogens is 1. The average Bonchev–Trinajstić information content (AvgIpc) is 3.36. The smallest absolute Gasteiger partial charge is 0.402 e. The number of sulfonamides is 1. The van der Waals surface area contributed by atoms with Crippen molar-refractivity contribution in [1.82, 2.24) is 34.1 Å². The van der Waals surface area contributed by atoms with Crippen LogP contribution in [-0.4, -0.2) is 81.6 Å². The Balaban J connectivity index is 1.55. The van der Waals surface area contributed by atoms with Crippen LogP contribution in [0, 0.1) is 12.7 Å². The van der Waals surface area contributed by atoms with Gasteiger partial charge in [0.05, 0.1) is 19.7 Å². The van der Waals surface area contributed by atoms with Gasteiger partial charge in [0.2, 0.25) is 15.8 Å². The number of aromatic nitrogens is 6. The fraction of sp³-hybridized carbons (Fsp3) is 0.400. The number of fused-ring (bicyclic) bond motifs is 1. The fourth-order valence-corrected chi connectivity index (χ4v) is 5.85. The van der Waals surface area contributed by atoms with E-state index in [2.05, 4.69) is 37.1 Å². The lowest BCUT2D eigenvalue weighted by molar-refractivity contribution is -0.395. The van der Waals surface area contributed by atoms with E-state index in [0.717, 1.165) is 5.56 Å². The van der Waals surface area contributed by atoms with Gasteiger partial charge in [-0.3, -0.25) is 4.90 Å². The Morgan fingerprint density at radius 2 is 2.05 bits per heavy atom. The molecule has 1 saturated heterocycles. The number of methoxy groups -OCH3 is 1. The lowest BCUT2D eigenvalue weighted by Crippen LogP contribution is -2.53. The summed E-state index contributed by atoms with van der Waals surface area (Å²) in [6.07, 6.45) is 6.16. The van der Waals surface area contributed by atoms with Crippen LogP contribution in [0.1, 0.15) is 31.3 Å². The van der Waals surface area contributed by atoms with Crippen LogP contribution in [0.25, 0.3) is 22.4 Å². The number of aromatic amines is 2. The number of hydrogen-bond donors (Lipinski definition) is 2. The second kappa shape index (κ2) is 10.4. The number of nitrogens with one attached hydrogen (secondary N) is 3. The number of H-pyrrole nitrogens is 2. The number of rotatable bonds is 7. The maximum Gasteiger partial charge on any atom is 0.402 e. The summed E-state index contributed by atoms with van der Waals surface area (Å²) in [7, 11) is -1.87. The number of nitrogens with zero attached hydrogens (tertiary/aromatic N) is 6. The zero-order valence-electron chi connectivity index (χ0n) is 22.4. The standard InChI is InChI=1S/C25H30FN9O3S/c1-14-12-34(39(5,36)37)6-7-35(14)15(2)17-8-19(21-22-24(30-13-29-22)32-16(3)31-21)23(27-10-17)33-18-9-20(26)25(38-4)28-11-18/h8-11,13-15H,6-7,12H2,1-5H3,(H,27,33)(H,29,30,31,32)/p+1. The zero-order valence-corrected chi connectivity index (χ0v) is 23.2. The molecular formula is C25H31FN9O3S+. The largest absolute Gasteiger partial charge is 0.446 e. The van der Waals surface area contributed by atoms with Gasteiger partial charge in [0.15, 0.2) is 11.8 Å². The van der Waals surface area contributed by atoms with Crippen molar-refractivity contribution in [1.29, 1.82) is 0 Å². The molecule has 2 atom stereocenters. The average molecular weight is 557 g/mol. The molecule has 14 heteroatoms. The maximum absolute atomic E-state index is 14.4. The van der Waals surface area contributed by atoms with E-state index in [9.17, 15) is 12.8 Å². The molecule has 5 heterocycles. The Hall–Kier alpha value is -3.75. The van der Waals surface area contributed by atoms with Gasteiger partial charge >= 0.3 is 5.88 Å². The van der Waals surface area contributed by atoms with E-state index in [-0.39, 0.29) is 18.0 Å². The normalized spacial score (nSPS) is 17.8. The lowest BCUT2D eigenvalue weighted by atomic mass is 10.0. The molecule has 1 fully saturated rings. The van der Waals surface area contributed by atoms with Crippen molar-refractivity contribution in [3.63, 3.8) is 0 Å². The third kappa shape index (κ3) is 5.40. The van der Waals surface area contributed by atoms with Gasteiger partial charge in [-0.15, -0.1) is 0 Å². The van der Waals surface area contributed by atoms with Gasteiger partial charge in [0.1, 0.15) is 28.5 Å². The monoisotopic (exact) mass is 556 g/mol. The summed E-state index contributed by atoms with van der Waals surface area (Å²) in [6, 6.07) is 3.26. The van der Waals surface area contributed by atoms with Crippen molar-refractivity contribution < 1.29 is 22.5 Å². The van der Waals surface area contributed by atoms with Crippen molar-refractivity contribution in [2.75, 3.05) is 38.3 Å². The van der Waals surface area contributed by atoms with E-state index in [0.29, 0.717) is 59.4 Å². The first-order valence-corrected chi connectivity index (χ1v) is 14.3. The third-order valence-electron chi connectivity index (χ3n) is 6.98. The molecule has 0 amide bonds. The molecule has 4 aromatic heterocycles. The Morgan fingerprint density at radius 1 is 1.26 bits per heavy atom. The number of pyridine rings is 2. The number of aryl methyl sites for hydroxylation is 1. The van der Waals surface area contributed by atoms with Crippen LogP contribution in [-0.2, 0) is 10.0 Å². The second-order valence-electron chi connectivity index (χ2n) is 9.66. The Labute approximate surface area is 225 Å². The molecule has 1 aliphatic heterocycles. The van der Waals surface area contributed by atoms with Crippen LogP contribution in [0.15, 0.2) is 30.9 Å². The van der Waals surface area contributed by atoms with E-state index in [4.69, 9.17) is 14.7 Å². The summed E-state index contributed by atoms with van der Waals surface area (Å²) in [6.45, 7) is 7.32. The molecule has 2 unspecified atom stereocenters. The molecule has 5 rings (SSSR count). The number of piperazine rings is 1. The molecule has 4 aromatic rings. The number of hydrogen-bond acceptors (Lipinski definition) is 9. The molecular weight excluding hydrogens is 525 g/mol. The summed E-state index contributed by atoms with van der Waals surface area (Å²) in [4.78, 5) is 26.3. The number of anilines is 2. The van der Waals surface area contributed by atoms with Crippen molar-refractivity contribution in [2.24, 2.45) is 0 Å². The van der Waals surface area contributed by atoms with E-state index in [1.807, 2.05) is 13.0 Å². The first-order chi connectivity index (χ1) is 18.5. The highest BCUT2D eigenvalue weighted by Gasteiger charge is 2.32. The molecule has 3 N–H and O–H groups in total. The Bertz CT molecular complexity index is 1630. The van der Waals surface area contributed by atoms with Gasteiger partial charge in [-0.2, -0.15) is 13.7 Å². The highest BCUT2D eigenvalue weighted by molar-refractivity contribution is 7.88. The summed E-state index contributed by atoms with van der Waals surface area (Å²) < 4.78 is 45.1. The summed E-state index contributed by atoms with van der Waals surface area (Å²) in [5.41, 5.74) is 3.82. The molecule has 206 valence electrons. The van der Waals surface area contributed by atoms with E-state index < -0.39 is 15.8 Å². The predicted octanol–water partition coefficient (Wildman–Crippen LogP) is 2.46. The predicted molar refractivity (Wildman–Crippen MR) is 143 cm³/mol. The Kier molecular flexibility index (Phi) is 7.18. The molecule has 0 radical (unpaired) electrons.